The quantitative estimate of drug-likeness (QED) is 0.839. The Morgan fingerprint density at radius 2 is 1.87 bits per heavy atom. The summed E-state index contributed by atoms with van der Waals surface area (Å²) in [6.45, 7) is 4.87. The van der Waals surface area contributed by atoms with E-state index in [4.69, 9.17) is 14.3 Å². The van der Waals surface area contributed by atoms with Crippen LogP contribution in [0.2, 0.25) is 0 Å². The van der Waals surface area contributed by atoms with Crippen molar-refractivity contribution in [3.05, 3.63) is 54.1 Å². The van der Waals surface area contributed by atoms with Crippen LogP contribution in [0.1, 0.15) is 25.5 Å². The molecule has 4 nitrogen and oxygen atoms in total. The van der Waals surface area contributed by atoms with Gasteiger partial charge in [-0.05, 0) is 32.0 Å². The molecule has 2 heterocycles. The van der Waals surface area contributed by atoms with Crippen LogP contribution < -0.4 is 14.5 Å². The molecule has 0 unspecified atom stereocenters. The van der Waals surface area contributed by atoms with Crippen molar-refractivity contribution in [2.24, 2.45) is 5.92 Å². The minimum atomic E-state index is -0.290. The van der Waals surface area contributed by atoms with Crippen molar-refractivity contribution >= 4 is 5.69 Å². The zero-order valence-corrected chi connectivity index (χ0v) is 13.7. The molecule has 0 aliphatic carbocycles. The molecule has 2 aliphatic rings. The number of hydrogen-bond acceptors (Lipinski definition) is 4. The van der Waals surface area contributed by atoms with Crippen molar-refractivity contribution < 1.29 is 14.3 Å². The third-order valence-electron chi connectivity index (χ3n) is 4.83. The molecule has 0 saturated carbocycles. The molecule has 2 aromatic carbocycles. The van der Waals surface area contributed by atoms with Crippen LogP contribution in [0.4, 0.5) is 5.69 Å². The highest BCUT2D eigenvalue weighted by Gasteiger charge is 2.53. The Kier molecular flexibility index (Phi) is 3.23. The SMILES string of the molecule is COc1cccc2c1OC[C@@H]1[C@H]2N(c2ccccc2)OC1(C)C. The van der Waals surface area contributed by atoms with Crippen molar-refractivity contribution in [1.29, 1.82) is 0 Å². The molecule has 0 spiro atoms. The maximum atomic E-state index is 6.32. The van der Waals surface area contributed by atoms with Gasteiger partial charge in [0.05, 0.1) is 37.0 Å². The fraction of sp³-hybridized carbons (Fsp3) is 0.368. The van der Waals surface area contributed by atoms with E-state index in [-0.39, 0.29) is 17.6 Å². The number of fused-ring (bicyclic) bond motifs is 3. The second-order valence-corrected chi connectivity index (χ2v) is 6.60. The summed E-state index contributed by atoms with van der Waals surface area (Å²) in [6.07, 6.45) is 0. The first-order valence-corrected chi connectivity index (χ1v) is 7.95. The van der Waals surface area contributed by atoms with Crippen LogP contribution in [0.15, 0.2) is 48.5 Å². The van der Waals surface area contributed by atoms with Gasteiger partial charge in [-0.3, -0.25) is 4.84 Å². The lowest BCUT2D eigenvalue weighted by molar-refractivity contribution is -0.0137. The average molecular weight is 311 g/mol. The minimum absolute atomic E-state index is 0.117. The lowest BCUT2D eigenvalue weighted by Crippen LogP contribution is -2.36. The Morgan fingerprint density at radius 3 is 2.61 bits per heavy atom. The molecule has 0 radical (unpaired) electrons. The predicted octanol–water partition coefficient (Wildman–Crippen LogP) is 3.98. The topological polar surface area (TPSA) is 30.9 Å². The van der Waals surface area contributed by atoms with Crippen LogP contribution >= 0.6 is 0 Å². The zero-order chi connectivity index (χ0) is 16.0. The van der Waals surface area contributed by atoms with E-state index in [1.165, 1.54) is 0 Å². The van der Waals surface area contributed by atoms with Crippen molar-refractivity contribution in [2.75, 3.05) is 18.8 Å². The Bertz CT molecular complexity index is 714. The number of hydroxylamine groups is 1. The summed E-state index contributed by atoms with van der Waals surface area (Å²) in [4.78, 5) is 6.32. The number of benzene rings is 2. The maximum Gasteiger partial charge on any atom is 0.166 e. The molecule has 0 N–H and O–H groups in total. The van der Waals surface area contributed by atoms with Crippen LogP contribution in [0.3, 0.4) is 0 Å². The molecular weight excluding hydrogens is 290 g/mol. The molecule has 2 aromatic rings. The van der Waals surface area contributed by atoms with Gasteiger partial charge >= 0.3 is 0 Å². The van der Waals surface area contributed by atoms with Gasteiger partial charge in [-0.2, -0.15) is 0 Å². The fourth-order valence-corrected chi connectivity index (χ4v) is 3.60. The van der Waals surface area contributed by atoms with E-state index in [1.807, 2.05) is 35.4 Å². The number of nitrogens with zero attached hydrogens (tertiary/aromatic N) is 1. The summed E-state index contributed by atoms with van der Waals surface area (Å²) >= 11 is 0. The summed E-state index contributed by atoms with van der Waals surface area (Å²) in [7, 11) is 1.68. The zero-order valence-electron chi connectivity index (χ0n) is 13.7. The molecule has 0 aromatic heterocycles. The molecule has 1 saturated heterocycles. The Morgan fingerprint density at radius 1 is 1.09 bits per heavy atom. The molecular formula is C19H21NO3. The molecule has 4 rings (SSSR count). The van der Waals surface area contributed by atoms with Crippen molar-refractivity contribution in [3.8, 4) is 11.5 Å². The minimum Gasteiger partial charge on any atom is -0.493 e. The van der Waals surface area contributed by atoms with E-state index in [2.05, 4.69) is 32.0 Å². The molecule has 120 valence electrons. The summed E-state index contributed by atoms with van der Waals surface area (Å²) in [6, 6.07) is 16.4. The number of ether oxygens (including phenoxy) is 2. The normalized spacial score (nSPS) is 24.6. The van der Waals surface area contributed by atoms with E-state index in [1.54, 1.807) is 7.11 Å². The van der Waals surface area contributed by atoms with Gasteiger partial charge < -0.3 is 9.47 Å². The van der Waals surface area contributed by atoms with Gasteiger partial charge in [0.15, 0.2) is 11.5 Å². The first-order valence-electron chi connectivity index (χ1n) is 7.95. The maximum absolute atomic E-state index is 6.32. The van der Waals surface area contributed by atoms with Crippen LogP contribution in [0, 0.1) is 5.92 Å². The molecule has 23 heavy (non-hydrogen) atoms. The average Bonchev–Trinajstić information content (AvgIpc) is 2.87. The number of para-hydroxylation sites is 2. The Hall–Kier alpha value is -2.20. The van der Waals surface area contributed by atoms with Crippen molar-refractivity contribution in [2.45, 2.75) is 25.5 Å². The number of hydrogen-bond donors (Lipinski definition) is 0. The van der Waals surface area contributed by atoms with Gasteiger partial charge in [0, 0.05) is 5.56 Å². The van der Waals surface area contributed by atoms with Gasteiger partial charge in [-0.15, -0.1) is 0 Å². The van der Waals surface area contributed by atoms with Crippen LogP contribution in [0.5, 0.6) is 11.5 Å². The third-order valence-corrected chi connectivity index (χ3v) is 4.83. The highest BCUT2D eigenvalue weighted by molar-refractivity contribution is 5.55. The van der Waals surface area contributed by atoms with E-state index in [9.17, 15) is 0 Å². The van der Waals surface area contributed by atoms with E-state index >= 15 is 0 Å². The molecule has 2 atom stereocenters. The fourth-order valence-electron chi connectivity index (χ4n) is 3.60. The Balaban J connectivity index is 1.85. The number of methoxy groups -OCH3 is 1. The van der Waals surface area contributed by atoms with Crippen LogP contribution in [-0.2, 0) is 4.84 Å². The molecule has 1 fully saturated rings. The lowest BCUT2D eigenvalue weighted by Gasteiger charge is -2.34. The van der Waals surface area contributed by atoms with Crippen molar-refractivity contribution in [1.82, 2.24) is 0 Å². The second-order valence-electron chi connectivity index (χ2n) is 6.60. The van der Waals surface area contributed by atoms with Crippen molar-refractivity contribution in [3.63, 3.8) is 0 Å². The lowest BCUT2D eigenvalue weighted by atomic mass is 9.81. The first-order chi connectivity index (χ1) is 11.1. The van der Waals surface area contributed by atoms with E-state index in [0.717, 1.165) is 22.7 Å². The predicted molar refractivity (Wildman–Crippen MR) is 88.8 cm³/mol. The van der Waals surface area contributed by atoms with Gasteiger partial charge in [0.25, 0.3) is 0 Å². The summed E-state index contributed by atoms with van der Waals surface area (Å²) < 4.78 is 11.5. The smallest absolute Gasteiger partial charge is 0.166 e. The summed E-state index contributed by atoms with van der Waals surface area (Å²) in [5.41, 5.74) is 1.89. The van der Waals surface area contributed by atoms with Gasteiger partial charge in [-0.1, -0.05) is 30.3 Å². The van der Waals surface area contributed by atoms with E-state index < -0.39 is 0 Å². The second kappa shape index (κ2) is 5.17. The standard InChI is InChI=1S/C19H21NO3/c1-19(2)15-12-22-18-14(10-7-11-16(18)21-3)17(15)20(23-19)13-8-5-4-6-9-13/h4-11,15,17H,12H2,1-3H3/t15-,17+/m1/s1. The highest BCUT2D eigenvalue weighted by atomic mass is 16.7. The number of anilines is 1. The summed E-state index contributed by atoms with van der Waals surface area (Å²) in [5.74, 6) is 1.86. The highest BCUT2D eigenvalue weighted by Crippen LogP contribution is 2.53. The van der Waals surface area contributed by atoms with Gasteiger partial charge in [-0.25, -0.2) is 5.06 Å². The first kappa shape index (κ1) is 14.4. The monoisotopic (exact) mass is 311 g/mol. The van der Waals surface area contributed by atoms with E-state index in [0.29, 0.717) is 6.61 Å². The Labute approximate surface area is 136 Å². The summed E-state index contributed by atoms with van der Waals surface area (Å²) in [5, 5.41) is 2.03. The molecule has 2 aliphatic heterocycles. The van der Waals surface area contributed by atoms with Crippen LogP contribution in [0.25, 0.3) is 0 Å². The van der Waals surface area contributed by atoms with Gasteiger partial charge in [0.1, 0.15) is 0 Å². The molecule has 0 amide bonds. The van der Waals surface area contributed by atoms with Crippen LogP contribution in [-0.4, -0.2) is 19.3 Å². The molecule has 0 bridgehead atoms. The molecule has 4 heteroatoms. The number of rotatable bonds is 2. The van der Waals surface area contributed by atoms with Gasteiger partial charge in [0.2, 0.25) is 0 Å². The third kappa shape index (κ3) is 2.17. The largest absolute Gasteiger partial charge is 0.493 e.